The van der Waals surface area contributed by atoms with E-state index in [0.29, 0.717) is 13.0 Å². The third-order valence-corrected chi connectivity index (χ3v) is 2.34. The summed E-state index contributed by atoms with van der Waals surface area (Å²) >= 11 is 0. The van der Waals surface area contributed by atoms with E-state index >= 15 is 0 Å². The molecule has 0 spiro atoms. The quantitative estimate of drug-likeness (QED) is 0.172. The SMILES string of the molecule is CS(=O)CCCNCCC(N)=NO. The van der Waals surface area contributed by atoms with Gasteiger partial charge in [0.05, 0.1) is 0 Å². The molecule has 13 heavy (non-hydrogen) atoms. The summed E-state index contributed by atoms with van der Waals surface area (Å²) in [6.45, 7) is 1.50. The van der Waals surface area contributed by atoms with E-state index in [2.05, 4.69) is 10.5 Å². The lowest BCUT2D eigenvalue weighted by Gasteiger charge is -2.02. The first kappa shape index (κ1) is 12.4. The molecule has 1 unspecified atom stereocenters. The predicted molar refractivity (Wildman–Crippen MR) is 54.4 cm³/mol. The third kappa shape index (κ3) is 9.29. The van der Waals surface area contributed by atoms with E-state index in [1.807, 2.05) is 0 Å². The Bertz CT molecular complexity index is 185. The Morgan fingerprint density at radius 2 is 2.31 bits per heavy atom. The highest BCUT2D eigenvalue weighted by Crippen LogP contribution is 1.82. The molecule has 78 valence electrons. The second kappa shape index (κ2) is 8.00. The molecule has 0 aromatic heterocycles. The van der Waals surface area contributed by atoms with E-state index < -0.39 is 10.8 Å². The van der Waals surface area contributed by atoms with Gasteiger partial charge in [0.2, 0.25) is 0 Å². The van der Waals surface area contributed by atoms with Crippen molar-refractivity contribution >= 4 is 16.6 Å². The van der Waals surface area contributed by atoms with Crippen molar-refractivity contribution in [2.24, 2.45) is 10.9 Å². The van der Waals surface area contributed by atoms with E-state index in [1.165, 1.54) is 0 Å². The Morgan fingerprint density at radius 3 is 2.85 bits per heavy atom. The van der Waals surface area contributed by atoms with Gasteiger partial charge >= 0.3 is 0 Å². The molecule has 0 fully saturated rings. The number of nitrogens with one attached hydrogen (secondary N) is 1. The third-order valence-electron chi connectivity index (χ3n) is 1.47. The highest BCUT2D eigenvalue weighted by Gasteiger charge is 1.93. The Hall–Kier alpha value is -0.620. The number of hydrogen-bond acceptors (Lipinski definition) is 4. The summed E-state index contributed by atoms with van der Waals surface area (Å²) in [7, 11) is -0.710. The first-order valence-electron chi connectivity index (χ1n) is 4.14. The lowest BCUT2D eigenvalue weighted by molar-refractivity contribution is 0.316. The van der Waals surface area contributed by atoms with Crippen LogP contribution < -0.4 is 11.1 Å². The number of hydrogen-bond donors (Lipinski definition) is 3. The fourth-order valence-corrected chi connectivity index (χ4v) is 1.34. The van der Waals surface area contributed by atoms with E-state index in [-0.39, 0.29) is 5.84 Å². The van der Waals surface area contributed by atoms with Crippen LogP contribution >= 0.6 is 0 Å². The Labute approximate surface area is 80.8 Å². The van der Waals surface area contributed by atoms with Crippen LogP contribution in [0.3, 0.4) is 0 Å². The van der Waals surface area contributed by atoms with Crippen molar-refractivity contribution in [3.8, 4) is 0 Å². The lowest BCUT2D eigenvalue weighted by atomic mass is 10.4. The van der Waals surface area contributed by atoms with Crippen molar-refractivity contribution in [1.29, 1.82) is 0 Å². The van der Waals surface area contributed by atoms with Gasteiger partial charge in [0.1, 0.15) is 5.84 Å². The summed E-state index contributed by atoms with van der Waals surface area (Å²) in [5.74, 6) is 0.947. The zero-order valence-corrected chi connectivity index (χ0v) is 8.64. The molecule has 0 aliphatic rings. The minimum Gasteiger partial charge on any atom is -0.409 e. The van der Waals surface area contributed by atoms with Gasteiger partial charge in [-0.25, -0.2) is 0 Å². The van der Waals surface area contributed by atoms with Gasteiger partial charge in [-0.15, -0.1) is 0 Å². The molecule has 0 heterocycles. The highest BCUT2D eigenvalue weighted by molar-refractivity contribution is 7.84. The zero-order valence-electron chi connectivity index (χ0n) is 7.82. The van der Waals surface area contributed by atoms with Gasteiger partial charge < -0.3 is 16.3 Å². The summed E-state index contributed by atoms with van der Waals surface area (Å²) in [5.41, 5.74) is 5.25. The number of nitrogens with two attached hydrogens (primary N) is 1. The van der Waals surface area contributed by atoms with Crippen LogP contribution in [0, 0.1) is 0 Å². The van der Waals surface area contributed by atoms with Crippen LogP contribution in [0.25, 0.3) is 0 Å². The van der Waals surface area contributed by atoms with Crippen LogP contribution in [-0.4, -0.2) is 40.3 Å². The number of oxime groups is 1. The van der Waals surface area contributed by atoms with Gasteiger partial charge in [-0.2, -0.15) is 0 Å². The molecule has 0 saturated carbocycles. The molecule has 0 saturated heterocycles. The molecule has 4 N–H and O–H groups in total. The van der Waals surface area contributed by atoms with Crippen LogP contribution in [-0.2, 0) is 10.8 Å². The van der Waals surface area contributed by atoms with Crippen molar-refractivity contribution < 1.29 is 9.42 Å². The van der Waals surface area contributed by atoms with Crippen molar-refractivity contribution in [1.82, 2.24) is 5.32 Å². The van der Waals surface area contributed by atoms with Crippen LogP contribution in [0.1, 0.15) is 12.8 Å². The molecule has 0 aliphatic heterocycles. The first-order chi connectivity index (χ1) is 6.16. The summed E-state index contributed by atoms with van der Waals surface area (Å²) in [4.78, 5) is 0. The van der Waals surface area contributed by atoms with Crippen LogP contribution in [0.2, 0.25) is 0 Å². The average Bonchev–Trinajstić information content (AvgIpc) is 2.10. The van der Waals surface area contributed by atoms with Gasteiger partial charge in [-0.3, -0.25) is 4.21 Å². The monoisotopic (exact) mass is 207 g/mol. The zero-order chi connectivity index (χ0) is 10.1. The van der Waals surface area contributed by atoms with E-state index in [1.54, 1.807) is 6.26 Å². The number of nitrogens with zero attached hydrogens (tertiary/aromatic N) is 1. The maximum absolute atomic E-state index is 10.6. The molecule has 0 aromatic carbocycles. The molecule has 0 aromatic rings. The lowest BCUT2D eigenvalue weighted by Crippen LogP contribution is -2.23. The maximum atomic E-state index is 10.6. The Morgan fingerprint density at radius 1 is 1.62 bits per heavy atom. The number of rotatable bonds is 7. The molecular formula is C7H17N3O2S. The average molecular weight is 207 g/mol. The fourth-order valence-electron chi connectivity index (χ4n) is 0.792. The summed E-state index contributed by atoms with van der Waals surface area (Å²) in [5, 5.41) is 14.1. The standard InChI is InChI=1S/C7H17N3O2S/c1-13(12)6-2-4-9-5-3-7(8)10-11/h9,11H,2-6H2,1H3,(H2,8,10). The van der Waals surface area contributed by atoms with Crippen molar-refractivity contribution in [2.45, 2.75) is 12.8 Å². The van der Waals surface area contributed by atoms with E-state index in [0.717, 1.165) is 18.7 Å². The van der Waals surface area contributed by atoms with Crippen LogP contribution in [0.4, 0.5) is 0 Å². The minimum absolute atomic E-state index is 0.228. The van der Waals surface area contributed by atoms with Gasteiger partial charge in [0.15, 0.2) is 0 Å². The molecule has 0 radical (unpaired) electrons. The molecule has 1 atom stereocenters. The van der Waals surface area contributed by atoms with Gasteiger partial charge in [0.25, 0.3) is 0 Å². The summed E-state index contributed by atoms with van der Waals surface area (Å²) < 4.78 is 10.6. The highest BCUT2D eigenvalue weighted by atomic mass is 32.2. The molecular weight excluding hydrogens is 190 g/mol. The Balaban J connectivity index is 3.13. The van der Waals surface area contributed by atoms with Crippen molar-refractivity contribution in [2.75, 3.05) is 25.1 Å². The Kier molecular flexibility index (Phi) is 7.62. The fraction of sp³-hybridized carbons (Fsp3) is 0.857. The van der Waals surface area contributed by atoms with Crippen LogP contribution in [0.5, 0.6) is 0 Å². The van der Waals surface area contributed by atoms with Gasteiger partial charge in [-0.05, 0) is 13.0 Å². The second-order valence-electron chi connectivity index (χ2n) is 2.72. The van der Waals surface area contributed by atoms with E-state index in [9.17, 15) is 4.21 Å². The van der Waals surface area contributed by atoms with Crippen molar-refractivity contribution in [3.05, 3.63) is 0 Å². The maximum Gasteiger partial charge on any atom is 0.140 e. The van der Waals surface area contributed by atoms with E-state index in [4.69, 9.17) is 10.9 Å². The number of amidine groups is 1. The van der Waals surface area contributed by atoms with Gasteiger partial charge in [-0.1, -0.05) is 5.16 Å². The largest absolute Gasteiger partial charge is 0.409 e. The molecule has 0 amide bonds. The molecule has 0 aliphatic carbocycles. The van der Waals surface area contributed by atoms with Crippen LogP contribution in [0.15, 0.2) is 5.16 Å². The molecule has 0 rings (SSSR count). The predicted octanol–water partition coefficient (Wildman–Crippen LogP) is -0.519. The normalized spacial score (nSPS) is 14.4. The van der Waals surface area contributed by atoms with Gasteiger partial charge in [0, 0.05) is 35.8 Å². The summed E-state index contributed by atoms with van der Waals surface area (Å²) in [6, 6.07) is 0. The summed E-state index contributed by atoms with van der Waals surface area (Å²) in [6.07, 6.45) is 3.11. The smallest absolute Gasteiger partial charge is 0.140 e. The topological polar surface area (TPSA) is 87.7 Å². The minimum atomic E-state index is -0.710. The first-order valence-corrected chi connectivity index (χ1v) is 5.86. The molecule has 0 bridgehead atoms. The van der Waals surface area contributed by atoms with Crippen molar-refractivity contribution in [3.63, 3.8) is 0 Å². The second-order valence-corrected chi connectivity index (χ2v) is 4.28. The molecule has 5 nitrogen and oxygen atoms in total. The molecule has 6 heteroatoms.